The third-order valence-electron chi connectivity index (χ3n) is 2.98. The number of unbranched alkanes of at least 4 members (excludes halogenated alkanes) is 3. The number of aryl methyl sites for hydroxylation is 2. The average Bonchev–Trinajstić information content (AvgIpc) is 2.29. The van der Waals surface area contributed by atoms with Gasteiger partial charge in [-0.2, -0.15) is 0 Å². The molecule has 1 N–H and O–H groups in total. The summed E-state index contributed by atoms with van der Waals surface area (Å²) in [5.41, 5.74) is 2.48. The van der Waals surface area contributed by atoms with Gasteiger partial charge < -0.3 is 5.11 Å². The van der Waals surface area contributed by atoms with Crippen molar-refractivity contribution < 1.29 is 5.11 Å². The van der Waals surface area contributed by atoms with E-state index in [0.29, 0.717) is 5.75 Å². The van der Waals surface area contributed by atoms with Gasteiger partial charge in [-0.05, 0) is 36.5 Å². The lowest BCUT2D eigenvalue weighted by atomic mass is 10.0. The van der Waals surface area contributed by atoms with Gasteiger partial charge in [0, 0.05) is 0 Å². The van der Waals surface area contributed by atoms with Crippen molar-refractivity contribution in [2.75, 3.05) is 0 Å². The fourth-order valence-electron chi connectivity index (χ4n) is 2.02. The Hall–Kier alpha value is -0.980. The van der Waals surface area contributed by atoms with E-state index in [9.17, 15) is 5.11 Å². The smallest absolute Gasteiger partial charge is 0.118 e. The van der Waals surface area contributed by atoms with Crippen LogP contribution in [0.2, 0.25) is 0 Å². The van der Waals surface area contributed by atoms with Crippen LogP contribution in [0.1, 0.15) is 57.1 Å². The fourth-order valence-corrected chi connectivity index (χ4v) is 2.02. The van der Waals surface area contributed by atoms with E-state index in [4.69, 9.17) is 0 Å². The molecule has 0 amide bonds. The summed E-state index contributed by atoms with van der Waals surface area (Å²) in [4.78, 5) is 0. The summed E-state index contributed by atoms with van der Waals surface area (Å²) in [6.07, 6.45) is 8.43. The van der Waals surface area contributed by atoms with Crippen LogP contribution in [0.25, 0.3) is 0 Å². The van der Waals surface area contributed by atoms with Crippen LogP contribution >= 0.6 is 0 Å². The third kappa shape index (κ3) is 4.26. The zero-order chi connectivity index (χ0) is 11.8. The summed E-state index contributed by atoms with van der Waals surface area (Å²) in [6.45, 7) is 4.38. The van der Waals surface area contributed by atoms with Crippen LogP contribution in [0.5, 0.6) is 5.75 Å². The fraction of sp³-hybridized carbons (Fsp3) is 0.600. The normalized spacial score (nSPS) is 10.6. The summed E-state index contributed by atoms with van der Waals surface area (Å²) in [5, 5.41) is 9.68. The monoisotopic (exact) mass is 220 g/mol. The van der Waals surface area contributed by atoms with Gasteiger partial charge >= 0.3 is 0 Å². The SMILES string of the molecule is CCCCCCc1ccc(O)c(CCC)c1. The Balaban J connectivity index is 2.50. The number of hydrogen-bond acceptors (Lipinski definition) is 1. The summed E-state index contributed by atoms with van der Waals surface area (Å²) in [7, 11) is 0. The van der Waals surface area contributed by atoms with Gasteiger partial charge in [0.1, 0.15) is 5.75 Å². The third-order valence-corrected chi connectivity index (χ3v) is 2.98. The van der Waals surface area contributed by atoms with Gasteiger partial charge in [0.05, 0.1) is 0 Å². The summed E-state index contributed by atoms with van der Waals surface area (Å²) < 4.78 is 0. The van der Waals surface area contributed by atoms with E-state index < -0.39 is 0 Å². The highest BCUT2D eigenvalue weighted by molar-refractivity contribution is 5.36. The van der Waals surface area contributed by atoms with Crippen molar-refractivity contribution in [2.24, 2.45) is 0 Å². The highest BCUT2D eigenvalue weighted by atomic mass is 16.3. The number of rotatable bonds is 7. The molecular weight excluding hydrogens is 196 g/mol. The molecule has 0 spiro atoms. The van der Waals surface area contributed by atoms with E-state index in [1.165, 1.54) is 31.2 Å². The second kappa shape index (κ2) is 7.32. The van der Waals surface area contributed by atoms with Crippen molar-refractivity contribution in [3.63, 3.8) is 0 Å². The first-order valence-electron chi connectivity index (χ1n) is 6.58. The second-order valence-corrected chi connectivity index (χ2v) is 4.52. The van der Waals surface area contributed by atoms with Crippen molar-refractivity contribution in [1.29, 1.82) is 0 Å². The minimum Gasteiger partial charge on any atom is -0.508 e. The Kier molecular flexibility index (Phi) is 5.99. The lowest BCUT2D eigenvalue weighted by Gasteiger charge is -2.07. The van der Waals surface area contributed by atoms with Crippen molar-refractivity contribution in [3.05, 3.63) is 29.3 Å². The van der Waals surface area contributed by atoms with E-state index >= 15 is 0 Å². The van der Waals surface area contributed by atoms with Crippen molar-refractivity contribution >= 4 is 0 Å². The Morgan fingerprint density at radius 2 is 1.75 bits per heavy atom. The molecule has 0 radical (unpaired) electrons. The van der Waals surface area contributed by atoms with Crippen LogP contribution in [-0.4, -0.2) is 5.11 Å². The van der Waals surface area contributed by atoms with E-state index in [-0.39, 0.29) is 0 Å². The Bertz CT molecular complexity index is 304. The van der Waals surface area contributed by atoms with E-state index in [2.05, 4.69) is 26.0 Å². The van der Waals surface area contributed by atoms with Gasteiger partial charge in [-0.3, -0.25) is 0 Å². The molecule has 0 saturated heterocycles. The van der Waals surface area contributed by atoms with Gasteiger partial charge in [-0.1, -0.05) is 51.7 Å². The Morgan fingerprint density at radius 1 is 0.938 bits per heavy atom. The molecule has 0 aliphatic carbocycles. The number of phenols is 1. The Morgan fingerprint density at radius 3 is 2.44 bits per heavy atom. The topological polar surface area (TPSA) is 20.2 Å². The number of benzene rings is 1. The van der Waals surface area contributed by atoms with Crippen LogP contribution in [0, 0.1) is 0 Å². The van der Waals surface area contributed by atoms with Gasteiger partial charge in [0.2, 0.25) is 0 Å². The largest absolute Gasteiger partial charge is 0.508 e. The van der Waals surface area contributed by atoms with Crippen LogP contribution in [0.4, 0.5) is 0 Å². The molecule has 90 valence electrons. The van der Waals surface area contributed by atoms with Crippen LogP contribution < -0.4 is 0 Å². The predicted octanol–water partition coefficient (Wildman–Crippen LogP) is 4.47. The summed E-state index contributed by atoms with van der Waals surface area (Å²) in [6, 6.07) is 6.07. The summed E-state index contributed by atoms with van der Waals surface area (Å²) in [5.74, 6) is 0.458. The number of aromatic hydroxyl groups is 1. The van der Waals surface area contributed by atoms with Crippen molar-refractivity contribution in [1.82, 2.24) is 0 Å². The van der Waals surface area contributed by atoms with E-state index in [1.807, 2.05) is 6.07 Å². The summed E-state index contributed by atoms with van der Waals surface area (Å²) >= 11 is 0. The molecule has 1 nitrogen and oxygen atoms in total. The molecule has 0 bridgehead atoms. The molecule has 1 aromatic carbocycles. The van der Waals surface area contributed by atoms with Gasteiger partial charge in [0.25, 0.3) is 0 Å². The molecule has 0 aliphatic heterocycles. The molecule has 1 heteroatoms. The molecule has 0 aliphatic rings. The number of phenolic OH excluding ortho intramolecular Hbond substituents is 1. The average molecular weight is 220 g/mol. The van der Waals surface area contributed by atoms with Crippen LogP contribution in [0.3, 0.4) is 0 Å². The predicted molar refractivity (Wildman–Crippen MR) is 69.9 cm³/mol. The molecule has 0 unspecified atom stereocenters. The first-order valence-corrected chi connectivity index (χ1v) is 6.58. The lowest BCUT2D eigenvalue weighted by molar-refractivity contribution is 0.467. The zero-order valence-corrected chi connectivity index (χ0v) is 10.6. The lowest BCUT2D eigenvalue weighted by Crippen LogP contribution is -1.90. The molecule has 0 heterocycles. The zero-order valence-electron chi connectivity index (χ0n) is 10.6. The quantitative estimate of drug-likeness (QED) is 0.672. The van der Waals surface area contributed by atoms with Crippen LogP contribution in [-0.2, 0) is 12.8 Å². The first kappa shape index (κ1) is 13.1. The highest BCUT2D eigenvalue weighted by Crippen LogP contribution is 2.21. The van der Waals surface area contributed by atoms with Crippen LogP contribution in [0.15, 0.2) is 18.2 Å². The molecule has 0 saturated carbocycles. The molecule has 0 atom stereocenters. The maximum absolute atomic E-state index is 9.68. The first-order chi connectivity index (χ1) is 7.77. The maximum atomic E-state index is 9.68. The Labute approximate surface area is 99.5 Å². The molecule has 16 heavy (non-hydrogen) atoms. The maximum Gasteiger partial charge on any atom is 0.118 e. The standard InChI is InChI=1S/C15H24O/c1-3-5-6-7-9-13-10-11-15(16)14(12-13)8-4-2/h10-12,16H,3-9H2,1-2H3. The van der Waals surface area contributed by atoms with Gasteiger partial charge in [-0.15, -0.1) is 0 Å². The molecule has 0 fully saturated rings. The number of hydrogen-bond donors (Lipinski definition) is 1. The minimum atomic E-state index is 0.458. The van der Waals surface area contributed by atoms with Gasteiger partial charge in [-0.25, -0.2) is 0 Å². The van der Waals surface area contributed by atoms with Crippen molar-refractivity contribution in [2.45, 2.75) is 58.8 Å². The molecule has 1 rings (SSSR count). The highest BCUT2D eigenvalue weighted by Gasteiger charge is 2.01. The van der Waals surface area contributed by atoms with Gasteiger partial charge in [0.15, 0.2) is 0 Å². The minimum absolute atomic E-state index is 0.458. The van der Waals surface area contributed by atoms with E-state index in [0.717, 1.165) is 24.8 Å². The molecule has 1 aromatic rings. The second-order valence-electron chi connectivity index (χ2n) is 4.52. The molecular formula is C15H24O. The van der Waals surface area contributed by atoms with E-state index in [1.54, 1.807) is 0 Å². The molecule has 0 aromatic heterocycles. The van der Waals surface area contributed by atoms with Crippen molar-refractivity contribution in [3.8, 4) is 5.75 Å².